The van der Waals surface area contributed by atoms with Crippen molar-refractivity contribution >= 4 is 33.1 Å². The van der Waals surface area contributed by atoms with Crippen LogP contribution in [-0.2, 0) is 0 Å². The highest BCUT2D eigenvalue weighted by Crippen LogP contribution is 2.38. The molecule has 0 spiro atoms. The van der Waals surface area contributed by atoms with Gasteiger partial charge in [0.05, 0.1) is 32.6 Å². The molecular formula is C15H17N5OS. The standard InChI is InChI=1S/C15H17N5OS/c16-14-7-12(18-8-1-2-9(21)5-8)15-11(19-14)6-13(22-15)10-3-4-17-20-10/h3-4,6-9,21H,1-2,5H2,(H,17,20)(H3,16,18,19)/t8-,9+/m1/s1. The van der Waals surface area contributed by atoms with Crippen LogP contribution in [-0.4, -0.2) is 32.4 Å². The van der Waals surface area contributed by atoms with Crippen LogP contribution in [0.3, 0.4) is 0 Å². The Kier molecular flexibility index (Phi) is 3.24. The van der Waals surface area contributed by atoms with E-state index >= 15 is 0 Å². The van der Waals surface area contributed by atoms with E-state index in [4.69, 9.17) is 5.73 Å². The first-order valence-corrected chi connectivity index (χ1v) is 8.15. The maximum Gasteiger partial charge on any atom is 0.126 e. The van der Waals surface area contributed by atoms with Crippen LogP contribution < -0.4 is 11.1 Å². The molecule has 3 heterocycles. The van der Waals surface area contributed by atoms with Crippen molar-refractivity contribution in [3.63, 3.8) is 0 Å². The number of aromatic amines is 1. The number of nitrogens with zero attached hydrogens (tertiary/aromatic N) is 2. The summed E-state index contributed by atoms with van der Waals surface area (Å²) in [6.45, 7) is 0. The Morgan fingerprint density at radius 3 is 3.00 bits per heavy atom. The zero-order valence-corrected chi connectivity index (χ0v) is 12.7. The number of H-pyrrole nitrogens is 1. The van der Waals surface area contributed by atoms with Crippen LogP contribution in [0, 0.1) is 0 Å². The maximum absolute atomic E-state index is 9.69. The van der Waals surface area contributed by atoms with Gasteiger partial charge < -0.3 is 16.2 Å². The molecule has 5 N–H and O–H groups in total. The molecular weight excluding hydrogens is 298 g/mol. The maximum atomic E-state index is 9.69. The summed E-state index contributed by atoms with van der Waals surface area (Å²) in [7, 11) is 0. The lowest BCUT2D eigenvalue weighted by Gasteiger charge is -2.14. The number of aromatic nitrogens is 3. The number of nitrogens with one attached hydrogen (secondary N) is 2. The minimum atomic E-state index is -0.198. The van der Waals surface area contributed by atoms with Crippen molar-refractivity contribution in [2.45, 2.75) is 31.4 Å². The van der Waals surface area contributed by atoms with Gasteiger partial charge >= 0.3 is 0 Å². The number of hydrogen-bond acceptors (Lipinski definition) is 6. The first-order chi connectivity index (χ1) is 10.7. The Balaban J connectivity index is 1.73. The van der Waals surface area contributed by atoms with Gasteiger partial charge in [0.2, 0.25) is 0 Å². The number of rotatable bonds is 3. The van der Waals surface area contributed by atoms with Gasteiger partial charge in [-0.3, -0.25) is 5.10 Å². The van der Waals surface area contributed by atoms with Crippen LogP contribution in [0.1, 0.15) is 19.3 Å². The molecule has 1 fully saturated rings. The van der Waals surface area contributed by atoms with E-state index in [0.717, 1.165) is 45.7 Å². The Morgan fingerprint density at radius 2 is 2.27 bits per heavy atom. The van der Waals surface area contributed by atoms with E-state index in [-0.39, 0.29) is 12.1 Å². The fraction of sp³-hybridized carbons (Fsp3) is 0.333. The summed E-state index contributed by atoms with van der Waals surface area (Å²) in [5, 5.41) is 20.2. The van der Waals surface area contributed by atoms with E-state index in [1.54, 1.807) is 17.5 Å². The monoisotopic (exact) mass is 315 g/mol. The SMILES string of the molecule is Nc1cc(N[C@@H]2CC[C@H](O)C2)c2sc(-c3ccn[nH]3)cc2n1. The van der Waals surface area contributed by atoms with Gasteiger partial charge in [-0.1, -0.05) is 0 Å². The minimum absolute atomic E-state index is 0.198. The highest BCUT2D eigenvalue weighted by Gasteiger charge is 2.23. The number of aliphatic hydroxyl groups excluding tert-OH is 1. The van der Waals surface area contributed by atoms with Crippen LogP contribution in [0.2, 0.25) is 0 Å². The van der Waals surface area contributed by atoms with E-state index < -0.39 is 0 Å². The Hall–Kier alpha value is -2.12. The summed E-state index contributed by atoms with van der Waals surface area (Å²) >= 11 is 1.66. The second-order valence-electron chi connectivity index (χ2n) is 5.70. The molecule has 0 bridgehead atoms. The number of nitrogens with two attached hydrogens (primary N) is 1. The molecule has 1 aliphatic rings. The summed E-state index contributed by atoms with van der Waals surface area (Å²) < 4.78 is 1.08. The van der Waals surface area contributed by atoms with Gasteiger partial charge in [-0.05, 0) is 31.4 Å². The molecule has 1 aliphatic carbocycles. The average molecular weight is 315 g/mol. The minimum Gasteiger partial charge on any atom is -0.393 e. The number of anilines is 2. The molecule has 0 unspecified atom stereocenters. The van der Waals surface area contributed by atoms with Gasteiger partial charge in [-0.25, -0.2) is 4.98 Å². The molecule has 6 nitrogen and oxygen atoms in total. The van der Waals surface area contributed by atoms with Gasteiger partial charge in [0.15, 0.2) is 0 Å². The molecule has 2 atom stereocenters. The summed E-state index contributed by atoms with van der Waals surface area (Å²) in [5.41, 5.74) is 8.80. The molecule has 0 saturated heterocycles. The number of thiophene rings is 1. The van der Waals surface area contributed by atoms with Gasteiger partial charge in [0.1, 0.15) is 5.82 Å². The molecule has 0 radical (unpaired) electrons. The molecule has 3 aromatic heterocycles. The number of nitrogen functional groups attached to an aromatic ring is 1. The van der Waals surface area contributed by atoms with Crippen LogP contribution >= 0.6 is 11.3 Å². The van der Waals surface area contributed by atoms with Crippen molar-refractivity contribution < 1.29 is 5.11 Å². The van der Waals surface area contributed by atoms with Crippen molar-refractivity contribution in [2.75, 3.05) is 11.1 Å². The largest absolute Gasteiger partial charge is 0.393 e. The number of hydrogen-bond donors (Lipinski definition) is 4. The second-order valence-corrected chi connectivity index (χ2v) is 6.75. The molecule has 3 aromatic rings. The number of pyridine rings is 1. The van der Waals surface area contributed by atoms with Crippen molar-refractivity contribution in [3.05, 3.63) is 24.4 Å². The van der Waals surface area contributed by atoms with Gasteiger partial charge in [-0.15, -0.1) is 11.3 Å². The molecule has 0 aliphatic heterocycles. The summed E-state index contributed by atoms with van der Waals surface area (Å²) in [6, 6.07) is 6.13. The van der Waals surface area contributed by atoms with Crippen molar-refractivity contribution in [1.29, 1.82) is 0 Å². The zero-order valence-electron chi connectivity index (χ0n) is 11.9. The third-order valence-electron chi connectivity index (χ3n) is 4.03. The van der Waals surface area contributed by atoms with Crippen LogP contribution in [0.25, 0.3) is 20.8 Å². The van der Waals surface area contributed by atoms with Crippen LogP contribution in [0.4, 0.5) is 11.5 Å². The van der Waals surface area contributed by atoms with E-state index in [1.165, 1.54) is 0 Å². The Labute approximate surface area is 131 Å². The van der Waals surface area contributed by atoms with Gasteiger partial charge in [0, 0.05) is 18.3 Å². The smallest absolute Gasteiger partial charge is 0.126 e. The summed E-state index contributed by atoms with van der Waals surface area (Å²) in [5.74, 6) is 0.502. The average Bonchev–Trinajstić information content (AvgIpc) is 3.18. The van der Waals surface area contributed by atoms with E-state index in [1.807, 2.05) is 18.2 Å². The second kappa shape index (κ2) is 5.26. The number of aliphatic hydroxyl groups is 1. The first-order valence-electron chi connectivity index (χ1n) is 7.33. The molecule has 0 amide bonds. The Bertz CT molecular complexity index is 798. The van der Waals surface area contributed by atoms with Crippen molar-refractivity contribution in [1.82, 2.24) is 15.2 Å². The molecule has 4 rings (SSSR count). The normalized spacial score (nSPS) is 21.5. The molecule has 0 aromatic carbocycles. The highest BCUT2D eigenvalue weighted by molar-refractivity contribution is 7.22. The predicted molar refractivity (Wildman–Crippen MR) is 88.9 cm³/mol. The lowest BCUT2D eigenvalue weighted by molar-refractivity contribution is 0.182. The van der Waals surface area contributed by atoms with E-state index in [2.05, 4.69) is 20.5 Å². The van der Waals surface area contributed by atoms with Crippen molar-refractivity contribution in [3.8, 4) is 10.6 Å². The fourth-order valence-electron chi connectivity index (χ4n) is 2.98. The molecule has 1 saturated carbocycles. The van der Waals surface area contributed by atoms with Crippen molar-refractivity contribution in [2.24, 2.45) is 0 Å². The van der Waals surface area contributed by atoms with E-state index in [9.17, 15) is 5.11 Å². The van der Waals surface area contributed by atoms with Crippen LogP contribution in [0.15, 0.2) is 24.4 Å². The predicted octanol–water partition coefficient (Wildman–Crippen LogP) is 2.59. The van der Waals surface area contributed by atoms with Crippen LogP contribution in [0.5, 0.6) is 0 Å². The molecule has 114 valence electrons. The first kappa shape index (κ1) is 13.5. The highest BCUT2D eigenvalue weighted by atomic mass is 32.1. The number of fused-ring (bicyclic) bond motifs is 1. The lowest BCUT2D eigenvalue weighted by atomic mass is 10.2. The van der Waals surface area contributed by atoms with E-state index in [0.29, 0.717) is 5.82 Å². The third kappa shape index (κ3) is 2.42. The Morgan fingerprint density at radius 1 is 1.36 bits per heavy atom. The summed E-state index contributed by atoms with van der Waals surface area (Å²) in [4.78, 5) is 5.50. The quantitative estimate of drug-likeness (QED) is 0.595. The lowest BCUT2D eigenvalue weighted by Crippen LogP contribution is -2.16. The van der Waals surface area contributed by atoms with Gasteiger partial charge in [-0.2, -0.15) is 5.10 Å². The van der Waals surface area contributed by atoms with Gasteiger partial charge in [0.25, 0.3) is 0 Å². The third-order valence-corrected chi connectivity index (χ3v) is 5.22. The topological polar surface area (TPSA) is 99.9 Å². The zero-order chi connectivity index (χ0) is 15.1. The fourth-order valence-corrected chi connectivity index (χ4v) is 4.04. The molecule has 7 heteroatoms. The summed E-state index contributed by atoms with van der Waals surface area (Å²) in [6.07, 6.45) is 4.15. The molecule has 22 heavy (non-hydrogen) atoms.